The quantitative estimate of drug-likeness (QED) is 0.896. The van der Waals surface area contributed by atoms with Crippen LogP contribution in [0.25, 0.3) is 0 Å². The fourth-order valence-corrected chi connectivity index (χ4v) is 2.43. The Morgan fingerprint density at radius 1 is 1.17 bits per heavy atom. The summed E-state index contributed by atoms with van der Waals surface area (Å²) in [5, 5.41) is 5.01. The first-order valence-corrected chi connectivity index (χ1v) is 6.85. The second-order valence-electron chi connectivity index (χ2n) is 4.75. The Morgan fingerprint density at radius 3 is 2.50 bits per heavy atom. The van der Waals surface area contributed by atoms with Crippen LogP contribution in [-0.2, 0) is 16.8 Å². The predicted octanol–water partition coefficient (Wildman–Crippen LogP) is 3.34. The molecule has 0 aliphatic carbocycles. The summed E-state index contributed by atoms with van der Waals surface area (Å²) in [4.78, 5) is 13.4. The Kier molecular flexibility index (Phi) is 3.82. The summed E-state index contributed by atoms with van der Waals surface area (Å²) < 4.78 is 0. The average Bonchev–Trinajstić information content (AvgIpc) is 2.90. The van der Waals surface area contributed by atoms with Gasteiger partial charge in [0.15, 0.2) is 0 Å². The van der Waals surface area contributed by atoms with E-state index in [0.717, 1.165) is 5.56 Å². The van der Waals surface area contributed by atoms with Crippen LogP contribution in [0.5, 0.6) is 0 Å². The van der Waals surface area contributed by atoms with Gasteiger partial charge in [0.1, 0.15) is 0 Å². The highest BCUT2D eigenvalue weighted by Crippen LogP contribution is 2.23. The third-order valence-electron chi connectivity index (χ3n) is 3.07. The normalized spacial score (nSPS) is 11.2. The van der Waals surface area contributed by atoms with Crippen molar-refractivity contribution in [3.05, 3.63) is 58.3 Å². The lowest BCUT2D eigenvalue weighted by Gasteiger charge is -2.24. The second kappa shape index (κ2) is 5.36. The number of hydrogen-bond donors (Lipinski definition) is 1. The van der Waals surface area contributed by atoms with Crippen LogP contribution in [0.1, 0.15) is 24.3 Å². The molecule has 1 aromatic carbocycles. The molecule has 1 heterocycles. The molecule has 1 amide bonds. The van der Waals surface area contributed by atoms with Gasteiger partial charge in [-0.1, -0.05) is 36.4 Å². The van der Waals surface area contributed by atoms with Crippen molar-refractivity contribution in [3.8, 4) is 0 Å². The maximum absolute atomic E-state index is 12.3. The first-order valence-electron chi connectivity index (χ1n) is 5.97. The van der Waals surface area contributed by atoms with Gasteiger partial charge in [0.25, 0.3) is 0 Å². The lowest BCUT2D eigenvalue weighted by Crippen LogP contribution is -2.39. The van der Waals surface area contributed by atoms with E-state index in [4.69, 9.17) is 0 Å². The maximum atomic E-state index is 12.3. The first-order chi connectivity index (χ1) is 8.60. The number of amides is 1. The highest BCUT2D eigenvalue weighted by molar-refractivity contribution is 7.09. The van der Waals surface area contributed by atoms with Crippen LogP contribution >= 0.6 is 11.3 Å². The third-order valence-corrected chi connectivity index (χ3v) is 3.94. The number of nitrogens with one attached hydrogen (secondary N) is 1. The van der Waals surface area contributed by atoms with Gasteiger partial charge in [-0.25, -0.2) is 0 Å². The van der Waals surface area contributed by atoms with Crippen molar-refractivity contribution in [2.75, 3.05) is 0 Å². The lowest BCUT2D eigenvalue weighted by molar-refractivity contribution is -0.125. The molecule has 2 nitrogen and oxygen atoms in total. The van der Waals surface area contributed by atoms with Crippen molar-refractivity contribution in [1.29, 1.82) is 0 Å². The molecule has 0 unspecified atom stereocenters. The van der Waals surface area contributed by atoms with E-state index in [9.17, 15) is 4.79 Å². The SMILES string of the molecule is CC(C)(C(=O)NCc1cccs1)c1ccccc1. The minimum absolute atomic E-state index is 0.0575. The predicted molar refractivity (Wildman–Crippen MR) is 75.6 cm³/mol. The molecular weight excluding hydrogens is 242 g/mol. The van der Waals surface area contributed by atoms with Gasteiger partial charge in [0.05, 0.1) is 12.0 Å². The zero-order chi connectivity index (χ0) is 13.0. The van der Waals surface area contributed by atoms with Gasteiger partial charge in [-0.05, 0) is 30.9 Å². The van der Waals surface area contributed by atoms with Gasteiger partial charge in [0.2, 0.25) is 5.91 Å². The highest BCUT2D eigenvalue weighted by atomic mass is 32.1. The van der Waals surface area contributed by atoms with Crippen LogP contribution in [0.15, 0.2) is 47.8 Å². The van der Waals surface area contributed by atoms with E-state index < -0.39 is 5.41 Å². The summed E-state index contributed by atoms with van der Waals surface area (Å²) in [6, 6.07) is 13.9. The standard InChI is InChI=1S/C15H17NOS/c1-15(2,12-7-4-3-5-8-12)14(17)16-11-13-9-6-10-18-13/h3-10H,11H2,1-2H3,(H,16,17). The van der Waals surface area contributed by atoms with Crippen molar-refractivity contribution in [2.45, 2.75) is 25.8 Å². The molecule has 3 heteroatoms. The van der Waals surface area contributed by atoms with Crippen LogP contribution in [0.3, 0.4) is 0 Å². The molecule has 2 rings (SSSR count). The summed E-state index contributed by atoms with van der Waals surface area (Å²) in [6.45, 7) is 4.50. The van der Waals surface area contributed by atoms with Gasteiger partial charge < -0.3 is 5.32 Å². The van der Waals surface area contributed by atoms with E-state index in [1.807, 2.05) is 61.7 Å². The first kappa shape index (κ1) is 12.8. The highest BCUT2D eigenvalue weighted by Gasteiger charge is 2.29. The molecule has 0 atom stereocenters. The van der Waals surface area contributed by atoms with Gasteiger partial charge in [0, 0.05) is 4.88 Å². The van der Waals surface area contributed by atoms with Crippen molar-refractivity contribution in [3.63, 3.8) is 0 Å². The van der Waals surface area contributed by atoms with E-state index in [-0.39, 0.29) is 5.91 Å². The number of benzene rings is 1. The molecular formula is C15H17NOS. The van der Waals surface area contributed by atoms with Gasteiger partial charge in [-0.3, -0.25) is 4.79 Å². The van der Waals surface area contributed by atoms with Crippen LogP contribution in [-0.4, -0.2) is 5.91 Å². The minimum atomic E-state index is -0.501. The van der Waals surface area contributed by atoms with Crippen molar-refractivity contribution >= 4 is 17.2 Å². The Morgan fingerprint density at radius 2 is 1.89 bits per heavy atom. The average molecular weight is 259 g/mol. The van der Waals surface area contributed by atoms with Crippen LogP contribution in [0.2, 0.25) is 0 Å². The molecule has 0 aliphatic heterocycles. The minimum Gasteiger partial charge on any atom is -0.350 e. The molecule has 0 bridgehead atoms. The van der Waals surface area contributed by atoms with E-state index in [0.29, 0.717) is 6.54 Å². The Bertz CT molecular complexity index is 503. The Hall–Kier alpha value is -1.61. The van der Waals surface area contributed by atoms with Gasteiger partial charge in [-0.2, -0.15) is 0 Å². The van der Waals surface area contributed by atoms with E-state index in [1.54, 1.807) is 11.3 Å². The van der Waals surface area contributed by atoms with Crippen molar-refractivity contribution in [1.82, 2.24) is 5.32 Å². The lowest BCUT2D eigenvalue weighted by atomic mass is 9.84. The number of carbonyl (C=O) groups excluding carboxylic acids is 1. The smallest absolute Gasteiger partial charge is 0.230 e. The molecule has 1 N–H and O–H groups in total. The van der Waals surface area contributed by atoms with Crippen LogP contribution < -0.4 is 5.32 Å². The van der Waals surface area contributed by atoms with Crippen molar-refractivity contribution < 1.29 is 4.79 Å². The summed E-state index contributed by atoms with van der Waals surface area (Å²) in [5.74, 6) is 0.0575. The zero-order valence-electron chi connectivity index (χ0n) is 10.6. The summed E-state index contributed by atoms with van der Waals surface area (Å²) in [7, 11) is 0. The molecule has 0 saturated carbocycles. The Labute approximate surface area is 112 Å². The molecule has 1 aromatic heterocycles. The third kappa shape index (κ3) is 2.79. The molecule has 2 aromatic rings. The summed E-state index contributed by atoms with van der Waals surface area (Å²) >= 11 is 1.66. The number of thiophene rings is 1. The molecule has 94 valence electrons. The summed E-state index contributed by atoms with van der Waals surface area (Å²) in [6.07, 6.45) is 0. The van der Waals surface area contributed by atoms with Crippen molar-refractivity contribution in [2.24, 2.45) is 0 Å². The van der Waals surface area contributed by atoms with Crippen LogP contribution in [0.4, 0.5) is 0 Å². The molecule has 0 aliphatic rings. The van der Waals surface area contributed by atoms with Gasteiger partial charge in [-0.15, -0.1) is 11.3 Å². The number of carbonyl (C=O) groups is 1. The zero-order valence-corrected chi connectivity index (χ0v) is 11.5. The monoisotopic (exact) mass is 259 g/mol. The summed E-state index contributed by atoms with van der Waals surface area (Å²) in [5.41, 5.74) is 0.534. The fraction of sp³-hybridized carbons (Fsp3) is 0.267. The number of hydrogen-bond acceptors (Lipinski definition) is 2. The number of rotatable bonds is 4. The van der Waals surface area contributed by atoms with Gasteiger partial charge >= 0.3 is 0 Å². The van der Waals surface area contributed by atoms with Crippen LogP contribution in [0, 0.1) is 0 Å². The molecule has 0 radical (unpaired) electrons. The van der Waals surface area contributed by atoms with E-state index >= 15 is 0 Å². The maximum Gasteiger partial charge on any atom is 0.230 e. The second-order valence-corrected chi connectivity index (χ2v) is 5.79. The fourth-order valence-electron chi connectivity index (χ4n) is 1.79. The van der Waals surface area contributed by atoms with E-state index in [1.165, 1.54) is 4.88 Å². The molecule has 0 fully saturated rings. The molecule has 18 heavy (non-hydrogen) atoms. The molecule has 0 saturated heterocycles. The Balaban J connectivity index is 2.04. The largest absolute Gasteiger partial charge is 0.350 e. The topological polar surface area (TPSA) is 29.1 Å². The molecule has 0 spiro atoms. The van der Waals surface area contributed by atoms with E-state index in [2.05, 4.69) is 5.32 Å².